The zero-order chi connectivity index (χ0) is 20.6. The quantitative estimate of drug-likeness (QED) is 0.488. The van der Waals surface area contributed by atoms with Crippen LogP contribution in [0.5, 0.6) is 0 Å². The van der Waals surface area contributed by atoms with Gasteiger partial charge in [0.05, 0.1) is 16.2 Å². The molecule has 1 fully saturated rings. The van der Waals surface area contributed by atoms with E-state index in [1.54, 1.807) is 13.0 Å². The highest BCUT2D eigenvalue weighted by atomic mass is 19.4. The largest absolute Gasteiger partial charge is 0.416 e. The summed E-state index contributed by atoms with van der Waals surface area (Å²) in [5.41, 5.74) is 0.103. The number of hydrogen-bond donors (Lipinski definition) is 1. The number of halogens is 3. The number of nitrogens with zero attached hydrogens (tertiary/aromatic N) is 2. The molecular weight excluding hydrogens is 379 g/mol. The number of urea groups is 1. The van der Waals surface area contributed by atoms with E-state index in [0.29, 0.717) is 11.1 Å². The predicted molar refractivity (Wildman–Crippen MR) is 92.8 cm³/mol. The number of rotatable bonds is 4. The molecule has 10 heteroatoms. The van der Waals surface area contributed by atoms with Crippen LogP contribution in [0.15, 0.2) is 42.5 Å². The van der Waals surface area contributed by atoms with E-state index in [1.807, 2.05) is 0 Å². The fraction of sp³-hybridized carbons (Fsp3) is 0.222. The lowest BCUT2D eigenvalue weighted by molar-refractivity contribution is -0.385. The average molecular weight is 393 g/mol. The van der Waals surface area contributed by atoms with Gasteiger partial charge in [0.1, 0.15) is 6.04 Å². The van der Waals surface area contributed by atoms with E-state index in [1.165, 1.54) is 12.1 Å². The smallest absolute Gasteiger partial charge is 0.325 e. The second-order valence-corrected chi connectivity index (χ2v) is 6.30. The number of benzene rings is 2. The minimum atomic E-state index is -4.52. The topological polar surface area (TPSA) is 92.6 Å². The molecule has 1 unspecified atom stereocenters. The molecule has 1 N–H and O–H groups in total. The number of carbonyl (C=O) groups excluding carboxylic acids is 2. The number of carbonyl (C=O) groups is 2. The summed E-state index contributed by atoms with van der Waals surface area (Å²) in [7, 11) is 0. The zero-order valence-corrected chi connectivity index (χ0v) is 14.5. The van der Waals surface area contributed by atoms with Gasteiger partial charge >= 0.3 is 12.2 Å². The highest BCUT2D eigenvalue weighted by molar-refractivity contribution is 6.21. The number of nitrogens with one attached hydrogen (secondary N) is 1. The minimum absolute atomic E-state index is 0.0258. The van der Waals surface area contributed by atoms with Crippen LogP contribution in [0.25, 0.3) is 0 Å². The summed E-state index contributed by atoms with van der Waals surface area (Å²) in [4.78, 5) is 35.9. The van der Waals surface area contributed by atoms with Crippen molar-refractivity contribution in [2.45, 2.75) is 25.6 Å². The lowest BCUT2D eigenvalue weighted by Gasteiger charge is -2.14. The highest BCUT2D eigenvalue weighted by Gasteiger charge is 2.39. The SMILES string of the molecule is Cc1cc(CC2NC(=O)N(c3ccc(C(F)(F)F)cc3)C2=O)ccc1[N+](=O)[O-]. The molecule has 1 saturated heterocycles. The first-order chi connectivity index (χ1) is 13.1. The highest BCUT2D eigenvalue weighted by Crippen LogP contribution is 2.31. The van der Waals surface area contributed by atoms with Crippen molar-refractivity contribution >= 4 is 23.3 Å². The van der Waals surface area contributed by atoms with Crippen molar-refractivity contribution in [3.05, 3.63) is 69.3 Å². The van der Waals surface area contributed by atoms with Crippen molar-refractivity contribution in [2.75, 3.05) is 4.90 Å². The lowest BCUT2D eigenvalue weighted by atomic mass is 10.0. The monoisotopic (exact) mass is 393 g/mol. The van der Waals surface area contributed by atoms with Gasteiger partial charge in [-0.15, -0.1) is 0 Å². The average Bonchev–Trinajstić information content (AvgIpc) is 2.87. The van der Waals surface area contributed by atoms with Gasteiger partial charge in [0, 0.05) is 18.1 Å². The van der Waals surface area contributed by atoms with Crippen molar-refractivity contribution in [2.24, 2.45) is 0 Å². The Kier molecular flexibility index (Phi) is 4.80. The van der Waals surface area contributed by atoms with Crippen LogP contribution in [-0.2, 0) is 17.4 Å². The maximum absolute atomic E-state index is 12.7. The second-order valence-electron chi connectivity index (χ2n) is 6.30. The van der Waals surface area contributed by atoms with Crippen molar-refractivity contribution in [1.29, 1.82) is 0 Å². The molecule has 0 bridgehead atoms. The number of alkyl halides is 3. The molecule has 0 aliphatic carbocycles. The van der Waals surface area contributed by atoms with Crippen LogP contribution in [0.1, 0.15) is 16.7 Å². The van der Waals surface area contributed by atoms with Gasteiger partial charge in [-0.3, -0.25) is 14.9 Å². The van der Waals surface area contributed by atoms with Gasteiger partial charge in [-0.1, -0.05) is 6.07 Å². The van der Waals surface area contributed by atoms with Crippen molar-refractivity contribution in [3.63, 3.8) is 0 Å². The van der Waals surface area contributed by atoms with Gasteiger partial charge in [-0.2, -0.15) is 13.2 Å². The summed E-state index contributed by atoms with van der Waals surface area (Å²) in [6, 6.07) is 6.40. The Labute approximate surface area is 156 Å². The van der Waals surface area contributed by atoms with Gasteiger partial charge in [0.2, 0.25) is 0 Å². The third-order valence-electron chi connectivity index (χ3n) is 4.37. The molecule has 0 radical (unpaired) electrons. The summed E-state index contributed by atoms with van der Waals surface area (Å²) >= 11 is 0. The molecule has 3 rings (SSSR count). The fourth-order valence-electron chi connectivity index (χ4n) is 3.00. The number of imide groups is 1. The van der Waals surface area contributed by atoms with Gasteiger partial charge < -0.3 is 5.32 Å². The third-order valence-corrected chi connectivity index (χ3v) is 4.37. The van der Waals surface area contributed by atoms with E-state index in [2.05, 4.69) is 5.32 Å². The number of nitro benzene ring substituents is 1. The lowest BCUT2D eigenvalue weighted by Crippen LogP contribution is -2.32. The summed E-state index contributed by atoms with van der Waals surface area (Å²) in [5, 5.41) is 13.4. The molecule has 1 aliphatic rings. The summed E-state index contributed by atoms with van der Waals surface area (Å²) in [6.07, 6.45) is -4.42. The van der Waals surface area contributed by atoms with E-state index < -0.39 is 34.6 Å². The summed E-state index contributed by atoms with van der Waals surface area (Å²) < 4.78 is 38.0. The molecule has 3 amide bonds. The van der Waals surface area contributed by atoms with E-state index >= 15 is 0 Å². The first kappa shape index (κ1) is 19.3. The van der Waals surface area contributed by atoms with Gasteiger partial charge in [-0.05, 0) is 42.8 Å². The Balaban J connectivity index is 1.78. The van der Waals surface area contributed by atoms with Crippen molar-refractivity contribution in [1.82, 2.24) is 5.32 Å². The fourth-order valence-corrected chi connectivity index (χ4v) is 3.00. The van der Waals surface area contributed by atoms with Gasteiger partial charge in [-0.25, -0.2) is 9.69 Å². The van der Waals surface area contributed by atoms with Crippen LogP contribution in [-0.4, -0.2) is 22.9 Å². The van der Waals surface area contributed by atoms with Crippen LogP contribution >= 0.6 is 0 Å². The molecule has 0 aromatic heterocycles. The molecule has 146 valence electrons. The normalized spacial score (nSPS) is 17.0. The summed E-state index contributed by atoms with van der Waals surface area (Å²) in [6.45, 7) is 1.56. The molecule has 0 saturated carbocycles. The van der Waals surface area contributed by atoms with Crippen LogP contribution in [0, 0.1) is 17.0 Å². The molecule has 28 heavy (non-hydrogen) atoms. The minimum Gasteiger partial charge on any atom is -0.325 e. The van der Waals surface area contributed by atoms with E-state index in [9.17, 15) is 32.9 Å². The van der Waals surface area contributed by atoms with Gasteiger partial charge in [0.25, 0.3) is 11.6 Å². The summed E-state index contributed by atoms with van der Waals surface area (Å²) in [5.74, 6) is -0.610. The van der Waals surface area contributed by atoms with Crippen LogP contribution < -0.4 is 10.2 Å². The first-order valence-corrected chi connectivity index (χ1v) is 8.13. The maximum atomic E-state index is 12.7. The van der Waals surface area contributed by atoms with Gasteiger partial charge in [0.15, 0.2) is 0 Å². The number of nitro groups is 1. The zero-order valence-electron chi connectivity index (χ0n) is 14.5. The number of amides is 3. The maximum Gasteiger partial charge on any atom is 0.416 e. The van der Waals surface area contributed by atoms with Crippen LogP contribution in [0.2, 0.25) is 0 Å². The molecule has 2 aromatic rings. The van der Waals surface area contributed by atoms with E-state index in [0.717, 1.165) is 29.2 Å². The molecule has 1 aliphatic heterocycles. The number of aryl methyl sites for hydroxylation is 1. The molecule has 2 aromatic carbocycles. The van der Waals surface area contributed by atoms with Crippen LogP contribution in [0.3, 0.4) is 0 Å². The standard InChI is InChI=1S/C18H14F3N3O4/c1-10-8-11(2-7-15(10)24(27)28)9-14-16(25)23(17(26)22-14)13-5-3-12(4-6-13)18(19,20)21/h2-8,14H,9H2,1H3,(H,22,26). The molecular formula is C18H14F3N3O4. The van der Waals surface area contributed by atoms with E-state index in [-0.39, 0.29) is 17.8 Å². The predicted octanol–water partition coefficient (Wildman–Crippen LogP) is 3.59. The molecule has 1 atom stereocenters. The first-order valence-electron chi connectivity index (χ1n) is 8.13. The molecule has 7 nitrogen and oxygen atoms in total. The number of hydrogen-bond acceptors (Lipinski definition) is 4. The van der Waals surface area contributed by atoms with Crippen LogP contribution in [0.4, 0.5) is 29.3 Å². The Hall–Kier alpha value is -3.43. The Bertz CT molecular complexity index is 958. The molecule has 0 spiro atoms. The Morgan fingerprint density at radius 3 is 2.32 bits per heavy atom. The molecule has 1 heterocycles. The van der Waals surface area contributed by atoms with Crippen molar-refractivity contribution < 1.29 is 27.7 Å². The number of anilines is 1. The Morgan fingerprint density at radius 1 is 1.14 bits per heavy atom. The van der Waals surface area contributed by atoms with Crippen molar-refractivity contribution in [3.8, 4) is 0 Å². The van der Waals surface area contributed by atoms with E-state index in [4.69, 9.17) is 0 Å². The Morgan fingerprint density at radius 2 is 1.79 bits per heavy atom. The third kappa shape index (κ3) is 3.66. The second kappa shape index (κ2) is 6.95.